The molecule has 6 aromatic heterocycles. The molecule has 15 rings (SSSR count). The Balaban J connectivity index is 0.00000133. The maximum absolute atomic E-state index is 9.54. The van der Waals surface area contributed by atoms with Crippen LogP contribution in [0.25, 0.3) is 33.1 Å². The lowest BCUT2D eigenvalue weighted by Crippen LogP contribution is -2.33. The number of rotatable bonds is 10. The van der Waals surface area contributed by atoms with Gasteiger partial charge in [-0.3, -0.25) is 9.11 Å². The number of H-pyrrole nitrogens is 1. The second kappa shape index (κ2) is 47.0. The SMILES string of the molecule is C.C.C.C.C.C.C.CC(C)(C)[Si](C)(C)Cl.CC1(C)OC2C(O)O[C@H](CO)[C@@H]2O1.CC1(C)OC2[C@@H](O1)[C@@H](CO)O[C@H]2n1ccc2c(N)ncnc21.CCN(CC)CC.CC[C@H]1OC(O)C2OC(C)(C)O[C@H]21.CC[C@H]1O[C@@H](n2ccc3c(Cl)ncnc32)C2OC(C)(C)O[C@H]21.Clc1ncnc2[nH]ccc12.O=S(=O)(O)O.OC[C@H]1OC(O)C(O)[C@H]1O. The molecular formula is C76H140Cl3N11O25SSi. The number of aromatic nitrogens is 9. The van der Waals surface area contributed by atoms with E-state index in [1.165, 1.54) is 38.6 Å². The summed E-state index contributed by atoms with van der Waals surface area (Å²) in [4.78, 5) is 29.7. The van der Waals surface area contributed by atoms with Gasteiger partial charge in [-0.25, -0.2) is 29.9 Å². The van der Waals surface area contributed by atoms with Gasteiger partial charge >= 0.3 is 10.4 Å². The zero-order valence-corrected chi connectivity index (χ0v) is 69.2. The van der Waals surface area contributed by atoms with Crippen molar-refractivity contribution in [1.82, 2.24) is 48.9 Å². The summed E-state index contributed by atoms with van der Waals surface area (Å²) in [6, 6.07) is 5.59. The number of halogens is 3. The third kappa shape index (κ3) is 29.2. The van der Waals surface area contributed by atoms with Crippen LogP contribution in [0.1, 0.15) is 188 Å². The molecule has 15 heterocycles. The summed E-state index contributed by atoms with van der Waals surface area (Å²) in [5.74, 6) is -2.18. The van der Waals surface area contributed by atoms with Gasteiger partial charge in [-0.15, -0.1) is 0 Å². The standard InChI is InChI=1S/C15H18ClN3O3.C14H18N4O4.C9H16O4.C8H14O5.C6H4ClN3.C6H15ClSi.C6H15N.C5H10O5.7CH4.H2O4S/c1-4-9-10-11(22-15(2,3)21-10)14(20-9)19-6-5-8-12(16)17-7-18-13(8)19;1-14(2)21-9-8(5-19)20-13(10(9)22-14)18-4-3-7-11(15)16-6-17-12(7)18;1-4-5-6-7(8(10)11-5)13-9(2,3)12-6;1-8(2)12-5-4(3-9)11-7(10)6(5)13-8;7-5-4-1-2-8-6(4)10-3-9-5;1-6(2,3)8(4,5)7;1-4-7(5-2)6-3;6-1-2-3(7)4(8)5(9)10-2;;;;;;;;1-5(2,3)4/h5-7,9-11,14H,4H2,1-3H3;3-4,6,8-10,13,19H,5H2,1-2H3,(H2,15,16,17);5-8,10H,4H2,1-3H3;4-7,9-10H,3H2,1-2H3;1-3H,(H,8,9,10);1-5H3;4-6H2,1-3H3;2-9H,1H2;7*1H4;(H2,1,2,3,4)/t9-,10+,11?,14-;8-,9+,10?,13-;5-,6+,7?,8?;4-,5+,6?,7?;;;;2-,3+,4?,5?;;;;;;;;/m1111...1......../s1. The van der Waals surface area contributed by atoms with Crippen molar-refractivity contribution in [2.45, 2.75) is 340 Å². The smallest absolute Gasteiger partial charge is 0.394 e. The second-order valence-electron chi connectivity index (χ2n) is 30.0. The molecule has 9 aliphatic rings. The van der Waals surface area contributed by atoms with Crippen molar-refractivity contribution in [3.8, 4) is 0 Å². The summed E-state index contributed by atoms with van der Waals surface area (Å²) in [6.45, 7) is 39.3. The van der Waals surface area contributed by atoms with Crippen molar-refractivity contribution in [2.24, 2.45) is 0 Å². The van der Waals surface area contributed by atoms with Gasteiger partial charge in [0.05, 0.1) is 48.2 Å². The number of hydrogen-bond donors (Lipinski definition) is 12. The molecular weight excluding hydrogens is 1630 g/mol. The number of ether oxygens (including phenoxy) is 13. The molecule has 36 nitrogen and oxygen atoms in total. The molecule has 9 fully saturated rings. The van der Waals surface area contributed by atoms with Gasteiger partial charge in [-0.1, -0.05) is 144 Å². The highest BCUT2D eigenvalue weighted by Gasteiger charge is 2.59. The Labute approximate surface area is 707 Å². The van der Waals surface area contributed by atoms with E-state index in [1.54, 1.807) is 20.0 Å². The van der Waals surface area contributed by atoms with Crippen molar-refractivity contribution in [1.29, 1.82) is 0 Å². The van der Waals surface area contributed by atoms with Crippen LogP contribution in [-0.4, -0.2) is 288 Å². The third-order valence-corrected chi connectivity index (χ3v) is 25.0. The van der Waals surface area contributed by atoms with E-state index >= 15 is 0 Å². The average molecular weight is 1770 g/mol. The average Bonchev–Trinajstić information content (AvgIpc) is 1.60. The number of fused-ring (bicyclic) bond motifs is 7. The first-order valence-corrected chi connectivity index (χ1v) is 42.4. The van der Waals surface area contributed by atoms with Crippen molar-refractivity contribution < 1.29 is 120 Å². The summed E-state index contributed by atoms with van der Waals surface area (Å²) in [6.07, 6.45) is 1.14. The van der Waals surface area contributed by atoms with Crippen molar-refractivity contribution in [2.75, 3.05) is 45.2 Å². The molecule has 0 saturated carbocycles. The first-order chi connectivity index (χ1) is 51.2. The molecule has 20 atom stereocenters. The van der Waals surface area contributed by atoms with Gasteiger partial charge in [0, 0.05) is 18.6 Å². The fourth-order valence-corrected chi connectivity index (χ4v) is 13.2. The zero-order chi connectivity index (χ0) is 82.1. The van der Waals surface area contributed by atoms with Crippen LogP contribution in [0.2, 0.25) is 28.4 Å². The minimum atomic E-state index is -4.67. The Morgan fingerprint density at radius 3 is 1.19 bits per heavy atom. The number of aliphatic hydroxyl groups is 8. The van der Waals surface area contributed by atoms with E-state index in [0.717, 1.165) is 40.3 Å². The number of nitrogens with one attached hydrogen (secondary N) is 1. The lowest BCUT2D eigenvalue weighted by molar-refractivity contribution is -0.223. The number of aromatic amines is 1. The van der Waals surface area contributed by atoms with E-state index in [0.29, 0.717) is 26.8 Å². The van der Waals surface area contributed by atoms with Crippen LogP contribution in [0.5, 0.6) is 0 Å². The molecule has 117 heavy (non-hydrogen) atoms. The van der Waals surface area contributed by atoms with E-state index in [1.807, 2.05) is 88.2 Å². The molecule has 680 valence electrons. The van der Waals surface area contributed by atoms with Crippen LogP contribution in [0, 0.1) is 0 Å². The predicted octanol–water partition coefficient (Wildman–Crippen LogP) is 10.6. The summed E-state index contributed by atoms with van der Waals surface area (Å²) in [7, 11) is -6.05. The van der Waals surface area contributed by atoms with Gasteiger partial charge in [0.15, 0.2) is 61.9 Å². The molecule has 6 aromatic rings. The normalized spacial score (nSPS) is 30.3. The molecule has 9 saturated heterocycles. The molecule has 0 bridgehead atoms. The number of hydrogen-bond acceptors (Lipinski definition) is 31. The van der Waals surface area contributed by atoms with E-state index in [2.05, 4.69) is 106 Å². The van der Waals surface area contributed by atoms with Gasteiger partial charge in [-0.05, 0) is 111 Å². The first kappa shape index (κ1) is 113. The first-order valence-electron chi connectivity index (χ1n) is 36.2. The number of nitrogens with two attached hydrogens (primary N) is 1. The zero-order valence-electron chi connectivity index (χ0n) is 65.1. The van der Waals surface area contributed by atoms with Gasteiger partial charge in [0.1, 0.15) is 131 Å². The highest BCUT2D eigenvalue weighted by molar-refractivity contribution is 7.79. The molecule has 0 aromatic carbocycles. The van der Waals surface area contributed by atoms with Gasteiger partial charge in [0.2, 0.25) is 0 Å². The molecule has 8 unspecified atom stereocenters. The molecule has 0 spiro atoms. The number of nitrogens with zero attached hydrogens (tertiary/aromatic N) is 9. The van der Waals surface area contributed by atoms with Crippen molar-refractivity contribution in [3.05, 3.63) is 66.1 Å². The van der Waals surface area contributed by atoms with Gasteiger partial charge in [0.25, 0.3) is 0 Å². The number of aliphatic hydroxyl groups excluding tert-OH is 8. The number of anilines is 1. The molecule has 41 heteroatoms. The van der Waals surface area contributed by atoms with E-state index in [4.69, 9.17) is 140 Å². The maximum atomic E-state index is 9.54. The Bertz CT molecular complexity index is 3780. The third-order valence-electron chi connectivity index (χ3n) is 19.2. The highest BCUT2D eigenvalue weighted by Crippen LogP contribution is 2.47. The molecule has 0 amide bonds. The minimum Gasteiger partial charge on any atom is -0.394 e. The maximum Gasteiger partial charge on any atom is 0.394 e. The van der Waals surface area contributed by atoms with E-state index in [9.17, 15) is 15.3 Å². The largest absolute Gasteiger partial charge is 0.394 e. The van der Waals surface area contributed by atoms with Crippen LogP contribution >= 0.6 is 34.3 Å². The van der Waals surface area contributed by atoms with Crippen molar-refractivity contribution >= 4 is 91.0 Å². The molecule has 13 N–H and O–H groups in total. The lowest BCUT2D eigenvalue weighted by Gasteiger charge is -2.29. The summed E-state index contributed by atoms with van der Waals surface area (Å²) < 4.78 is 108. The Morgan fingerprint density at radius 1 is 0.487 bits per heavy atom. The van der Waals surface area contributed by atoms with Crippen LogP contribution in [0.3, 0.4) is 0 Å². The van der Waals surface area contributed by atoms with E-state index < -0.39 is 109 Å². The van der Waals surface area contributed by atoms with Crippen LogP contribution in [0.15, 0.2) is 55.8 Å². The van der Waals surface area contributed by atoms with Crippen LogP contribution < -0.4 is 5.73 Å². The van der Waals surface area contributed by atoms with E-state index in [-0.39, 0.29) is 126 Å². The summed E-state index contributed by atoms with van der Waals surface area (Å²) in [5.41, 5.74) is 8.06. The van der Waals surface area contributed by atoms with Crippen LogP contribution in [0.4, 0.5) is 5.82 Å². The topological polar surface area (TPSA) is 489 Å². The quantitative estimate of drug-likeness (QED) is 0.0262. The van der Waals surface area contributed by atoms with Gasteiger partial charge in [-0.2, -0.15) is 19.5 Å². The van der Waals surface area contributed by atoms with Crippen LogP contribution in [-0.2, 0) is 72.0 Å². The number of nitrogen functional groups attached to an aromatic ring is 1. The fourth-order valence-electron chi connectivity index (χ4n) is 12.8. The van der Waals surface area contributed by atoms with Gasteiger partial charge < -0.3 is 127 Å². The monoisotopic (exact) mass is 1770 g/mol. The Kier molecular flexibility index (Phi) is 45.3. The molecule has 9 aliphatic heterocycles. The fraction of sp³-hybridized carbons (Fsp3) is 0.763. The Hall–Kier alpha value is -4.26. The Morgan fingerprint density at radius 2 is 0.812 bits per heavy atom. The molecule has 0 aliphatic carbocycles. The lowest BCUT2D eigenvalue weighted by atomic mass is 10.1. The minimum absolute atomic E-state index is 0. The summed E-state index contributed by atoms with van der Waals surface area (Å²) >= 11 is 18.0. The second-order valence-corrected chi connectivity index (χ2v) is 38.9. The highest BCUT2D eigenvalue weighted by atomic mass is 35.6. The molecule has 0 radical (unpaired) electrons. The van der Waals surface area contributed by atoms with Crippen molar-refractivity contribution in [3.63, 3.8) is 0 Å². The summed E-state index contributed by atoms with van der Waals surface area (Å²) in [5, 5.41) is 76.0. The predicted molar refractivity (Wildman–Crippen MR) is 451 cm³/mol.